The van der Waals surface area contributed by atoms with Crippen LogP contribution >= 0.6 is 11.8 Å². The number of oxazole rings is 1. The van der Waals surface area contributed by atoms with Gasteiger partial charge in [-0.25, -0.2) is 4.98 Å². The fraction of sp³-hybridized carbons (Fsp3) is 0.714. The van der Waals surface area contributed by atoms with Crippen molar-refractivity contribution < 1.29 is 13.9 Å². The zero-order valence-electron chi connectivity index (χ0n) is 11.3. The molecule has 0 radical (unpaired) electrons. The number of amides is 1. The van der Waals surface area contributed by atoms with E-state index < -0.39 is 0 Å². The van der Waals surface area contributed by atoms with Gasteiger partial charge in [0.25, 0.3) is 5.91 Å². The molecule has 0 N–H and O–H groups in total. The second-order valence-corrected chi connectivity index (χ2v) is 7.62. The minimum atomic E-state index is -0.0210. The molecule has 5 nitrogen and oxygen atoms in total. The fourth-order valence-electron chi connectivity index (χ4n) is 2.96. The predicted molar refractivity (Wildman–Crippen MR) is 74.7 cm³/mol. The average molecular weight is 294 g/mol. The van der Waals surface area contributed by atoms with Crippen molar-refractivity contribution in [3.63, 3.8) is 0 Å². The Labute approximate surface area is 122 Å². The van der Waals surface area contributed by atoms with Gasteiger partial charge in [-0.15, -0.1) is 11.8 Å². The van der Waals surface area contributed by atoms with Crippen LogP contribution in [0.5, 0.6) is 0 Å². The first kappa shape index (κ1) is 12.7. The standard InChI is InChI=1S/C14H18N2O3S/c17-13(12-5-18-9-15-12)16-7-14(8-16)3-11(6-20-14)19-4-10-1-2-10/h5,9-11H,1-4,6-8H2/t11-/m1/s1. The summed E-state index contributed by atoms with van der Waals surface area (Å²) in [6.07, 6.45) is 6.85. The number of hydrogen-bond donors (Lipinski definition) is 0. The van der Waals surface area contributed by atoms with Gasteiger partial charge in [0.15, 0.2) is 12.1 Å². The average Bonchev–Trinajstić information content (AvgIpc) is 2.93. The molecule has 20 heavy (non-hydrogen) atoms. The van der Waals surface area contributed by atoms with Crippen molar-refractivity contribution in [3.05, 3.63) is 18.4 Å². The first-order valence-corrected chi connectivity index (χ1v) is 8.16. The molecule has 0 unspecified atom stereocenters. The Morgan fingerprint density at radius 3 is 3.10 bits per heavy atom. The minimum Gasteiger partial charge on any atom is -0.451 e. The van der Waals surface area contributed by atoms with E-state index in [1.54, 1.807) is 0 Å². The van der Waals surface area contributed by atoms with Crippen molar-refractivity contribution in [1.29, 1.82) is 0 Å². The van der Waals surface area contributed by atoms with Crippen LogP contribution in [0.15, 0.2) is 17.1 Å². The van der Waals surface area contributed by atoms with Gasteiger partial charge in [-0.3, -0.25) is 4.79 Å². The maximum atomic E-state index is 12.1. The van der Waals surface area contributed by atoms with Gasteiger partial charge in [-0.2, -0.15) is 0 Å². The highest BCUT2D eigenvalue weighted by atomic mass is 32.2. The zero-order chi connectivity index (χ0) is 13.6. The first-order valence-electron chi connectivity index (χ1n) is 7.17. The molecule has 1 aromatic heterocycles. The topological polar surface area (TPSA) is 55.6 Å². The summed E-state index contributed by atoms with van der Waals surface area (Å²) in [4.78, 5) is 17.9. The van der Waals surface area contributed by atoms with Crippen molar-refractivity contribution in [2.75, 3.05) is 25.4 Å². The van der Waals surface area contributed by atoms with E-state index in [4.69, 9.17) is 9.15 Å². The highest BCUT2D eigenvalue weighted by Gasteiger charge is 2.51. The number of ether oxygens (including phenoxy) is 1. The molecule has 6 heteroatoms. The third-order valence-corrected chi connectivity index (χ3v) is 5.91. The lowest BCUT2D eigenvalue weighted by molar-refractivity contribution is 0.0284. The van der Waals surface area contributed by atoms with E-state index in [0.717, 1.165) is 37.8 Å². The van der Waals surface area contributed by atoms with Crippen LogP contribution in [0, 0.1) is 5.92 Å². The third-order valence-electron chi connectivity index (χ3n) is 4.34. The summed E-state index contributed by atoms with van der Waals surface area (Å²) in [6, 6.07) is 0. The molecule has 1 atom stereocenters. The summed E-state index contributed by atoms with van der Waals surface area (Å²) < 4.78 is 11.1. The van der Waals surface area contributed by atoms with Gasteiger partial charge in [0.05, 0.1) is 10.9 Å². The van der Waals surface area contributed by atoms with E-state index in [0.29, 0.717) is 11.8 Å². The van der Waals surface area contributed by atoms with E-state index in [2.05, 4.69) is 4.98 Å². The van der Waals surface area contributed by atoms with E-state index in [1.807, 2.05) is 16.7 Å². The van der Waals surface area contributed by atoms with Gasteiger partial charge in [-0.05, 0) is 25.2 Å². The van der Waals surface area contributed by atoms with Crippen LogP contribution in [-0.4, -0.2) is 52.1 Å². The lowest BCUT2D eigenvalue weighted by Gasteiger charge is -2.47. The number of rotatable bonds is 4. The maximum Gasteiger partial charge on any atom is 0.275 e. The monoisotopic (exact) mass is 294 g/mol. The molecule has 2 saturated heterocycles. The molecule has 1 spiro atoms. The number of nitrogens with zero attached hydrogens (tertiary/aromatic N) is 2. The second kappa shape index (κ2) is 4.77. The Kier molecular flexibility index (Phi) is 3.03. The Morgan fingerprint density at radius 1 is 1.55 bits per heavy atom. The summed E-state index contributed by atoms with van der Waals surface area (Å²) in [7, 11) is 0. The maximum absolute atomic E-state index is 12.1. The van der Waals surface area contributed by atoms with E-state index >= 15 is 0 Å². The van der Waals surface area contributed by atoms with Crippen molar-refractivity contribution in [2.24, 2.45) is 5.92 Å². The highest BCUT2D eigenvalue weighted by molar-refractivity contribution is 8.01. The number of thioether (sulfide) groups is 1. The van der Waals surface area contributed by atoms with Gasteiger partial charge in [-0.1, -0.05) is 0 Å². The minimum absolute atomic E-state index is 0.0210. The molecule has 0 bridgehead atoms. The van der Waals surface area contributed by atoms with Crippen molar-refractivity contribution >= 4 is 17.7 Å². The predicted octanol–water partition coefficient (Wildman–Crippen LogP) is 1.80. The smallest absolute Gasteiger partial charge is 0.275 e. The summed E-state index contributed by atoms with van der Waals surface area (Å²) in [5.41, 5.74) is 0.407. The molecule has 108 valence electrons. The lowest BCUT2D eigenvalue weighted by Crippen LogP contribution is -2.60. The SMILES string of the molecule is O=C(c1cocn1)N1CC2(C[C@@H](OCC3CC3)CS2)C1. The Hall–Kier alpha value is -1.01. The molecule has 2 aliphatic heterocycles. The Morgan fingerprint density at radius 2 is 2.40 bits per heavy atom. The second-order valence-electron chi connectivity index (χ2n) is 6.13. The van der Waals surface area contributed by atoms with Gasteiger partial charge in [0.2, 0.25) is 0 Å². The molecule has 3 aliphatic rings. The van der Waals surface area contributed by atoms with E-state index in [-0.39, 0.29) is 10.7 Å². The van der Waals surface area contributed by atoms with E-state index in [1.165, 1.54) is 25.5 Å². The van der Waals surface area contributed by atoms with Gasteiger partial charge in [0.1, 0.15) is 6.26 Å². The summed E-state index contributed by atoms with van der Waals surface area (Å²) in [5.74, 6) is 1.87. The molecule has 3 heterocycles. The zero-order valence-corrected chi connectivity index (χ0v) is 12.1. The van der Waals surface area contributed by atoms with Crippen LogP contribution < -0.4 is 0 Å². The highest BCUT2D eigenvalue weighted by Crippen LogP contribution is 2.46. The van der Waals surface area contributed by atoms with Crippen LogP contribution in [0.4, 0.5) is 0 Å². The lowest BCUT2D eigenvalue weighted by atomic mass is 9.92. The number of carbonyl (C=O) groups excluding carboxylic acids is 1. The van der Waals surface area contributed by atoms with Crippen molar-refractivity contribution in [1.82, 2.24) is 9.88 Å². The largest absolute Gasteiger partial charge is 0.451 e. The van der Waals surface area contributed by atoms with Crippen LogP contribution in [0.2, 0.25) is 0 Å². The van der Waals surface area contributed by atoms with Crippen molar-refractivity contribution in [3.8, 4) is 0 Å². The summed E-state index contributed by atoms with van der Waals surface area (Å²) in [6.45, 7) is 2.56. The van der Waals surface area contributed by atoms with Gasteiger partial charge < -0.3 is 14.1 Å². The molecule has 1 amide bonds. The molecule has 4 rings (SSSR count). The summed E-state index contributed by atoms with van der Waals surface area (Å²) in [5, 5.41) is 0. The normalized spacial score (nSPS) is 27.8. The molecule has 0 aromatic carbocycles. The molecule has 1 saturated carbocycles. The van der Waals surface area contributed by atoms with Gasteiger partial charge in [0, 0.05) is 25.4 Å². The number of likely N-dealkylation sites (tertiary alicyclic amines) is 1. The van der Waals surface area contributed by atoms with Crippen LogP contribution in [0.1, 0.15) is 29.8 Å². The first-order chi connectivity index (χ1) is 9.74. The molecule has 1 aromatic rings. The fourth-order valence-corrected chi connectivity index (χ4v) is 4.51. The number of hydrogen-bond acceptors (Lipinski definition) is 5. The quantitative estimate of drug-likeness (QED) is 0.847. The summed E-state index contributed by atoms with van der Waals surface area (Å²) >= 11 is 1.97. The van der Waals surface area contributed by atoms with Crippen molar-refractivity contribution in [2.45, 2.75) is 30.1 Å². The van der Waals surface area contributed by atoms with Gasteiger partial charge >= 0.3 is 0 Å². The van der Waals surface area contributed by atoms with Crippen LogP contribution in [-0.2, 0) is 4.74 Å². The third kappa shape index (κ3) is 2.35. The molecule has 3 fully saturated rings. The Balaban J connectivity index is 1.28. The molecular weight excluding hydrogens is 276 g/mol. The Bertz CT molecular complexity index is 495. The molecular formula is C14H18N2O3S. The number of aromatic nitrogens is 1. The van der Waals surface area contributed by atoms with Crippen LogP contribution in [0.25, 0.3) is 0 Å². The van der Waals surface area contributed by atoms with Crippen LogP contribution in [0.3, 0.4) is 0 Å². The molecule has 1 aliphatic carbocycles. The number of carbonyl (C=O) groups is 1. The van der Waals surface area contributed by atoms with E-state index in [9.17, 15) is 4.79 Å².